The highest BCUT2D eigenvalue weighted by Crippen LogP contribution is 2.19. The first-order chi connectivity index (χ1) is 8.20. The van der Waals surface area contributed by atoms with Crippen LogP contribution in [-0.2, 0) is 0 Å². The zero-order valence-corrected chi connectivity index (χ0v) is 9.54. The summed E-state index contributed by atoms with van der Waals surface area (Å²) in [5.74, 6) is 0. The van der Waals surface area contributed by atoms with Gasteiger partial charge >= 0.3 is 0 Å². The second kappa shape index (κ2) is 4.93. The van der Waals surface area contributed by atoms with E-state index in [0.717, 1.165) is 10.9 Å². The number of pyridine rings is 1. The second-order valence-corrected chi connectivity index (χ2v) is 3.98. The van der Waals surface area contributed by atoms with Gasteiger partial charge in [-0.2, -0.15) is 0 Å². The maximum Gasteiger partial charge on any atom is 0.101 e. The van der Waals surface area contributed by atoms with Crippen molar-refractivity contribution >= 4 is 16.6 Å². The van der Waals surface area contributed by atoms with Crippen molar-refractivity contribution in [1.82, 2.24) is 4.98 Å². The third-order valence-corrected chi connectivity index (χ3v) is 2.62. The van der Waals surface area contributed by atoms with Gasteiger partial charge in [-0.25, -0.2) is 0 Å². The van der Waals surface area contributed by atoms with Crippen molar-refractivity contribution in [2.45, 2.75) is 19.4 Å². The molecule has 0 spiro atoms. The lowest BCUT2D eigenvalue weighted by Gasteiger charge is -2.09. The quantitative estimate of drug-likeness (QED) is 0.483. The molecule has 0 bridgehead atoms. The third kappa shape index (κ3) is 2.60. The van der Waals surface area contributed by atoms with E-state index >= 15 is 0 Å². The van der Waals surface area contributed by atoms with Crippen molar-refractivity contribution in [3.63, 3.8) is 0 Å². The lowest BCUT2D eigenvalue weighted by Crippen LogP contribution is -2.05. The highest BCUT2D eigenvalue weighted by atomic mass is 16.4. The lowest BCUT2D eigenvalue weighted by atomic mass is 10.1. The van der Waals surface area contributed by atoms with Crippen LogP contribution in [0.4, 0.5) is 0 Å². The molecule has 0 radical (unpaired) electrons. The Kier molecular flexibility index (Phi) is 3.35. The largest absolute Gasteiger partial charge is 0.411 e. The topological polar surface area (TPSA) is 65.7 Å². The number of fused-ring (bicyclic) bond motifs is 1. The van der Waals surface area contributed by atoms with E-state index in [-0.39, 0.29) is 6.42 Å². The van der Waals surface area contributed by atoms with Crippen LogP contribution in [0.2, 0.25) is 0 Å². The minimum absolute atomic E-state index is 0.280. The average molecular weight is 230 g/mol. The molecule has 1 aromatic carbocycles. The normalized spacial score (nSPS) is 13.9. The predicted octanol–water partition coefficient (Wildman–Crippen LogP) is 2.51. The monoisotopic (exact) mass is 230 g/mol. The SMILES string of the molecule is C/C(C[C@H](O)c1ccc2ccccc2n1)=N/O. The van der Waals surface area contributed by atoms with Crippen LogP contribution in [0.3, 0.4) is 0 Å². The molecule has 0 saturated heterocycles. The van der Waals surface area contributed by atoms with Crippen molar-refractivity contribution < 1.29 is 10.3 Å². The number of oxime groups is 1. The van der Waals surface area contributed by atoms with Crippen LogP contribution in [0.5, 0.6) is 0 Å². The molecule has 2 aromatic rings. The molecule has 0 aliphatic carbocycles. The number of aromatic nitrogens is 1. The van der Waals surface area contributed by atoms with Crippen LogP contribution in [0, 0.1) is 0 Å². The van der Waals surface area contributed by atoms with E-state index in [0.29, 0.717) is 11.4 Å². The summed E-state index contributed by atoms with van der Waals surface area (Å²) in [4.78, 5) is 4.38. The Morgan fingerprint density at radius 3 is 2.82 bits per heavy atom. The molecule has 0 amide bonds. The van der Waals surface area contributed by atoms with Gasteiger partial charge in [0, 0.05) is 11.8 Å². The molecule has 2 N–H and O–H groups in total. The summed E-state index contributed by atoms with van der Waals surface area (Å²) in [6, 6.07) is 11.4. The lowest BCUT2D eigenvalue weighted by molar-refractivity contribution is 0.180. The van der Waals surface area contributed by atoms with Crippen molar-refractivity contribution in [1.29, 1.82) is 0 Å². The van der Waals surface area contributed by atoms with Crippen molar-refractivity contribution in [3.05, 3.63) is 42.1 Å². The number of aliphatic hydroxyl groups is 1. The van der Waals surface area contributed by atoms with Crippen LogP contribution >= 0.6 is 0 Å². The Morgan fingerprint density at radius 1 is 1.29 bits per heavy atom. The smallest absolute Gasteiger partial charge is 0.101 e. The molecular weight excluding hydrogens is 216 g/mol. The number of hydrogen-bond donors (Lipinski definition) is 2. The molecule has 1 aromatic heterocycles. The summed E-state index contributed by atoms with van der Waals surface area (Å²) in [6.07, 6.45) is -0.461. The molecule has 88 valence electrons. The molecule has 0 fully saturated rings. The molecular formula is C13H14N2O2. The number of hydrogen-bond acceptors (Lipinski definition) is 4. The summed E-state index contributed by atoms with van der Waals surface area (Å²) in [5.41, 5.74) is 1.92. The van der Waals surface area contributed by atoms with Crippen molar-refractivity contribution in [2.75, 3.05) is 0 Å². The van der Waals surface area contributed by atoms with Gasteiger partial charge in [0.25, 0.3) is 0 Å². The van der Waals surface area contributed by atoms with Gasteiger partial charge in [-0.05, 0) is 19.1 Å². The van der Waals surface area contributed by atoms with Gasteiger partial charge in [0.1, 0.15) is 6.10 Å². The van der Waals surface area contributed by atoms with Crippen LogP contribution in [0.15, 0.2) is 41.6 Å². The summed E-state index contributed by atoms with van der Waals surface area (Å²) in [7, 11) is 0. The Hall–Kier alpha value is -1.94. The van der Waals surface area contributed by atoms with Gasteiger partial charge in [-0.1, -0.05) is 29.4 Å². The van der Waals surface area contributed by atoms with E-state index in [4.69, 9.17) is 5.21 Å². The molecule has 1 heterocycles. The van der Waals surface area contributed by atoms with Crippen LogP contribution < -0.4 is 0 Å². The zero-order valence-electron chi connectivity index (χ0n) is 9.54. The van der Waals surface area contributed by atoms with E-state index in [9.17, 15) is 5.11 Å². The van der Waals surface area contributed by atoms with Crippen molar-refractivity contribution in [2.24, 2.45) is 5.16 Å². The summed E-state index contributed by atoms with van der Waals surface area (Å²) < 4.78 is 0. The van der Waals surface area contributed by atoms with E-state index in [1.54, 1.807) is 13.0 Å². The highest BCUT2D eigenvalue weighted by Gasteiger charge is 2.11. The fourth-order valence-corrected chi connectivity index (χ4v) is 1.69. The zero-order chi connectivity index (χ0) is 12.3. The maximum atomic E-state index is 9.93. The maximum absolute atomic E-state index is 9.93. The second-order valence-electron chi connectivity index (χ2n) is 3.98. The first kappa shape index (κ1) is 11.5. The van der Waals surface area contributed by atoms with Gasteiger partial charge in [0.15, 0.2) is 0 Å². The average Bonchev–Trinajstić information content (AvgIpc) is 2.38. The third-order valence-electron chi connectivity index (χ3n) is 2.62. The molecule has 17 heavy (non-hydrogen) atoms. The van der Waals surface area contributed by atoms with E-state index in [1.807, 2.05) is 30.3 Å². The minimum atomic E-state index is -0.740. The van der Waals surface area contributed by atoms with Gasteiger partial charge < -0.3 is 10.3 Å². The number of aliphatic hydroxyl groups excluding tert-OH is 1. The van der Waals surface area contributed by atoms with Crippen LogP contribution in [0.1, 0.15) is 25.1 Å². The Balaban J connectivity index is 2.30. The van der Waals surface area contributed by atoms with E-state index < -0.39 is 6.10 Å². The Bertz CT molecular complexity index is 552. The predicted molar refractivity (Wildman–Crippen MR) is 66.2 cm³/mol. The number of para-hydroxylation sites is 1. The highest BCUT2D eigenvalue weighted by molar-refractivity contribution is 5.82. The fourth-order valence-electron chi connectivity index (χ4n) is 1.69. The first-order valence-electron chi connectivity index (χ1n) is 5.42. The summed E-state index contributed by atoms with van der Waals surface area (Å²) >= 11 is 0. The Morgan fingerprint density at radius 2 is 2.06 bits per heavy atom. The number of benzene rings is 1. The first-order valence-corrected chi connectivity index (χ1v) is 5.42. The van der Waals surface area contributed by atoms with E-state index in [1.165, 1.54) is 0 Å². The number of rotatable bonds is 3. The molecule has 2 rings (SSSR count). The molecule has 0 unspecified atom stereocenters. The van der Waals surface area contributed by atoms with Crippen LogP contribution in [-0.4, -0.2) is 21.0 Å². The van der Waals surface area contributed by atoms with Crippen molar-refractivity contribution in [3.8, 4) is 0 Å². The van der Waals surface area contributed by atoms with Gasteiger partial charge in [0.05, 0.1) is 16.9 Å². The summed E-state index contributed by atoms with van der Waals surface area (Å²) in [5, 5.41) is 22.6. The fraction of sp³-hybridized carbons (Fsp3) is 0.231. The van der Waals surface area contributed by atoms with Crippen LogP contribution in [0.25, 0.3) is 10.9 Å². The molecule has 0 saturated carbocycles. The molecule has 0 aliphatic rings. The van der Waals surface area contributed by atoms with Gasteiger partial charge in [-0.15, -0.1) is 0 Å². The summed E-state index contributed by atoms with van der Waals surface area (Å²) in [6.45, 7) is 1.66. The molecule has 0 aliphatic heterocycles. The minimum Gasteiger partial charge on any atom is -0.411 e. The molecule has 4 heteroatoms. The standard InChI is InChI=1S/C13H14N2O2/c1-9(15-17)8-13(16)12-7-6-10-4-2-3-5-11(10)14-12/h2-7,13,16-17H,8H2,1H3/b15-9-/t13-/m0/s1. The number of nitrogens with zero attached hydrogens (tertiary/aromatic N) is 2. The van der Waals surface area contributed by atoms with Gasteiger partial charge in [-0.3, -0.25) is 4.98 Å². The van der Waals surface area contributed by atoms with Gasteiger partial charge in [0.2, 0.25) is 0 Å². The Labute approximate surface area is 99.2 Å². The molecule has 4 nitrogen and oxygen atoms in total. The van der Waals surface area contributed by atoms with E-state index in [2.05, 4.69) is 10.1 Å². The molecule has 1 atom stereocenters.